The van der Waals surface area contributed by atoms with Gasteiger partial charge in [-0.25, -0.2) is 4.79 Å². The van der Waals surface area contributed by atoms with E-state index in [0.717, 1.165) is 12.0 Å². The zero-order valence-corrected chi connectivity index (χ0v) is 15.6. The van der Waals surface area contributed by atoms with Gasteiger partial charge >= 0.3 is 6.09 Å². The summed E-state index contributed by atoms with van der Waals surface area (Å²) >= 11 is 0. The predicted molar refractivity (Wildman–Crippen MR) is 95.6 cm³/mol. The molecule has 0 bridgehead atoms. The Hall–Kier alpha value is -2.04. The highest BCUT2D eigenvalue weighted by atomic mass is 16.6. The number of nitrogens with one attached hydrogen (secondary N) is 1. The molecule has 5 nitrogen and oxygen atoms in total. The fourth-order valence-corrected chi connectivity index (χ4v) is 2.25. The molecule has 1 N–H and O–H groups in total. The second-order valence-electron chi connectivity index (χ2n) is 7.08. The number of rotatable bonds is 6. The van der Waals surface area contributed by atoms with Crippen LogP contribution in [0.25, 0.3) is 0 Å². The van der Waals surface area contributed by atoms with E-state index < -0.39 is 17.7 Å². The fourth-order valence-electron chi connectivity index (χ4n) is 2.25. The van der Waals surface area contributed by atoms with Crippen LogP contribution in [0.4, 0.5) is 4.79 Å². The molecule has 0 aliphatic heterocycles. The molecule has 2 amide bonds. The summed E-state index contributed by atoms with van der Waals surface area (Å²) in [5.74, 6) is -0.112. The van der Waals surface area contributed by atoms with E-state index in [9.17, 15) is 9.59 Å². The van der Waals surface area contributed by atoms with Crippen molar-refractivity contribution in [2.24, 2.45) is 0 Å². The third kappa shape index (κ3) is 6.60. The van der Waals surface area contributed by atoms with E-state index in [4.69, 9.17) is 4.74 Å². The molecule has 24 heavy (non-hydrogen) atoms. The molecule has 0 spiro atoms. The summed E-state index contributed by atoms with van der Waals surface area (Å²) < 4.78 is 5.22. The molecule has 1 aromatic carbocycles. The summed E-state index contributed by atoms with van der Waals surface area (Å²) in [5, 5.41) is 2.63. The van der Waals surface area contributed by atoms with E-state index >= 15 is 0 Å². The number of nitrogens with zero attached hydrogens (tertiary/aromatic N) is 1. The van der Waals surface area contributed by atoms with Crippen molar-refractivity contribution in [3.63, 3.8) is 0 Å². The van der Waals surface area contributed by atoms with Crippen LogP contribution in [0.3, 0.4) is 0 Å². The molecule has 0 aromatic heterocycles. The molecule has 134 valence electrons. The van der Waals surface area contributed by atoms with Gasteiger partial charge in [0.05, 0.1) is 0 Å². The first-order chi connectivity index (χ1) is 11.1. The molecule has 1 aromatic rings. The monoisotopic (exact) mass is 334 g/mol. The molecule has 0 heterocycles. The summed E-state index contributed by atoms with van der Waals surface area (Å²) in [6, 6.07) is 9.29. The Balaban J connectivity index is 2.78. The van der Waals surface area contributed by atoms with Crippen LogP contribution < -0.4 is 5.32 Å². The molecule has 0 aliphatic carbocycles. The van der Waals surface area contributed by atoms with Gasteiger partial charge in [-0.1, -0.05) is 37.3 Å². The third-order valence-electron chi connectivity index (χ3n) is 3.71. The lowest BCUT2D eigenvalue weighted by Crippen LogP contribution is -2.50. The molecule has 1 rings (SSSR count). The van der Waals surface area contributed by atoms with Crippen LogP contribution in [-0.4, -0.2) is 34.6 Å². The number of carbonyl (C=O) groups excluding carboxylic acids is 2. The highest BCUT2D eigenvalue weighted by Crippen LogP contribution is 2.13. The molecule has 5 heteroatoms. The highest BCUT2D eigenvalue weighted by molar-refractivity contribution is 5.85. The first-order valence-electron chi connectivity index (χ1n) is 8.48. The van der Waals surface area contributed by atoms with Crippen molar-refractivity contribution in [1.82, 2.24) is 10.2 Å². The smallest absolute Gasteiger partial charge is 0.408 e. The number of benzene rings is 1. The maximum absolute atomic E-state index is 12.8. The summed E-state index contributed by atoms with van der Waals surface area (Å²) in [7, 11) is 0. The number of carbonyl (C=O) groups is 2. The van der Waals surface area contributed by atoms with Crippen LogP contribution >= 0.6 is 0 Å². The Morgan fingerprint density at radius 3 is 2.25 bits per heavy atom. The Kier molecular flexibility index (Phi) is 7.26. The molecule has 2 atom stereocenters. The zero-order chi connectivity index (χ0) is 18.3. The average Bonchev–Trinajstić information content (AvgIpc) is 2.50. The minimum atomic E-state index is -0.641. The first-order valence-corrected chi connectivity index (χ1v) is 8.48. The Morgan fingerprint density at radius 1 is 1.17 bits per heavy atom. The number of ether oxygens (including phenoxy) is 1. The van der Waals surface area contributed by atoms with Crippen LogP contribution in [0, 0.1) is 0 Å². The number of hydrogen-bond acceptors (Lipinski definition) is 3. The van der Waals surface area contributed by atoms with Gasteiger partial charge in [0, 0.05) is 12.6 Å². The van der Waals surface area contributed by atoms with Crippen molar-refractivity contribution >= 4 is 12.0 Å². The fraction of sp³-hybridized carbons (Fsp3) is 0.579. The summed E-state index contributed by atoms with van der Waals surface area (Å²) in [6.45, 7) is 11.6. The molecule has 0 radical (unpaired) electrons. The molecule has 1 unspecified atom stereocenters. The summed E-state index contributed by atoms with van der Waals surface area (Å²) in [4.78, 5) is 26.5. The van der Waals surface area contributed by atoms with E-state index in [-0.39, 0.29) is 11.9 Å². The summed E-state index contributed by atoms with van der Waals surface area (Å²) in [6.07, 6.45) is 0.268. The summed E-state index contributed by atoms with van der Waals surface area (Å²) in [5.41, 5.74) is 0.475. The second kappa shape index (κ2) is 8.71. The lowest BCUT2D eigenvalue weighted by Gasteiger charge is -2.31. The van der Waals surface area contributed by atoms with Gasteiger partial charge in [-0.2, -0.15) is 0 Å². The van der Waals surface area contributed by atoms with Gasteiger partial charge in [0.25, 0.3) is 0 Å². The van der Waals surface area contributed by atoms with E-state index in [1.807, 2.05) is 44.2 Å². The maximum Gasteiger partial charge on any atom is 0.408 e. The van der Waals surface area contributed by atoms with E-state index in [1.54, 1.807) is 32.6 Å². The van der Waals surface area contributed by atoms with Crippen LogP contribution in [0.1, 0.15) is 53.5 Å². The van der Waals surface area contributed by atoms with Gasteiger partial charge in [0.1, 0.15) is 11.6 Å². The maximum atomic E-state index is 12.8. The van der Waals surface area contributed by atoms with Gasteiger partial charge in [-0.15, -0.1) is 0 Å². The lowest BCUT2D eigenvalue weighted by atomic mass is 10.1. The predicted octanol–water partition coefficient (Wildman–Crippen LogP) is 3.73. The van der Waals surface area contributed by atoms with Crippen LogP contribution in [0.5, 0.6) is 0 Å². The van der Waals surface area contributed by atoms with E-state index in [1.165, 1.54) is 0 Å². The molecule has 0 saturated heterocycles. The second-order valence-corrected chi connectivity index (χ2v) is 7.08. The topological polar surface area (TPSA) is 58.6 Å². The van der Waals surface area contributed by atoms with Gasteiger partial charge in [-0.05, 0) is 46.6 Å². The van der Waals surface area contributed by atoms with Crippen molar-refractivity contribution < 1.29 is 14.3 Å². The molecular formula is C19H30N2O3. The third-order valence-corrected chi connectivity index (χ3v) is 3.71. The minimum absolute atomic E-state index is 0.0839. The van der Waals surface area contributed by atoms with E-state index in [0.29, 0.717) is 6.54 Å². The van der Waals surface area contributed by atoms with Gasteiger partial charge in [-0.3, -0.25) is 4.79 Å². The Bertz CT molecular complexity index is 537. The minimum Gasteiger partial charge on any atom is -0.444 e. The van der Waals surface area contributed by atoms with Gasteiger partial charge < -0.3 is 15.0 Å². The quantitative estimate of drug-likeness (QED) is 0.862. The van der Waals surface area contributed by atoms with Crippen molar-refractivity contribution in [2.45, 2.75) is 72.2 Å². The molecule has 0 fully saturated rings. The van der Waals surface area contributed by atoms with Gasteiger partial charge in [0.2, 0.25) is 5.91 Å². The molecular weight excluding hydrogens is 304 g/mol. The van der Waals surface area contributed by atoms with Crippen LogP contribution in [-0.2, 0) is 16.1 Å². The average molecular weight is 334 g/mol. The molecule has 0 saturated carbocycles. The molecule has 0 aliphatic rings. The van der Waals surface area contributed by atoms with Crippen molar-refractivity contribution in [3.05, 3.63) is 35.9 Å². The van der Waals surface area contributed by atoms with Crippen molar-refractivity contribution in [2.75, 3.05) is 0 Å². The van der Waals surface area contributed by atoms with Crippen LogP contribution in [0.2, 0.25) is 0 Å². The number of hydrogen-bond donors (Lipinski definition) is 1. The Labute approximate surface area is 145 Å². The number of amides is 2. The Morgan fingerprint density at radius 2 is 1.75 bits per heavy atom. The van der Waals surface area contributed by atoms with E-state index in [2.05, 4.69) is 5.32 Å². The SMILES string of the molecule is CCC(C)N(Cc1ccccc1)C(=O)[C@@H](C)NC(=O)OC(C)(C)C. The normalized spacial score (nSPS) is 13.8. The zero-order valence-electron chi connectivity index (χ0n) is 15.6. The van der Waals surface area contributed by atoms with Crippen LogP contribution in [0.15, 0.2) is 30.3 Å². The van der Waals surface area contributed by atoms with Crippen molar-refractivity contribution in [1.29, 1.82) is 0 Å². The lowest BCUT2D eigenvalue weighted by molar-refractivity contribution is -0.135. The van der Waals surface area contributed by atoms with Crippen molar-refractivity contribution in [3.8, 4) is 0 Å². The largest absolute Gasteiger partial charge is 0.444 e. The number of alkyl carbamates (subject to hydrolysis) is 1. The highest BCUT2D eigenvalue weighted by Gasteiger charge is 2.27. The van der Waals surface area contributed by atoms with Gasteiger partial charge in [0.15, 0.2) is 0 Å². The standard InChI is InChI=1S/C19H30N2O3/c1-7-14(2)21(13-16-11-9-8-10-12-16)17(22)15(3)20-18(23)24-19(4,5)6/h8-12,14-15H,7,13H2,1-6H3,(H,20,23)/t14?,15-/m1/s1. The first kappa shape index (κ1) is 20.0.